The van der Waals surface area contributed by atoms with Gasteiger partial charge in [0.1, 0.15) is 0 Å². The summed E-state index contributed by atoms with van der Waals surface area (Å²) in [4.78, 5) is 24.7. The van der Waals surface area contributed by atoms with E-state index < -0.39 is 0 Å². The van der Waals surface area contributed by atoms with Crippen LogP contribution in [-0.2, 0) is 4.79 Å². The fraction of sp³-hybridized carbons (Fsp3) is 0.643. The van der Waals surface area contributed by atoms with Crippen molar-refractivity contribution in [2.24, 2.45) is 5.73 Å². The summed E-state index contributed by atoms with van der Waals surface area (Å²) < 4.78 is 0.873. The van der Waals surface area contributed by atoms with Crippen molar-refractivity contribution in [3.05, 3.63) is 16.9 Å². The molecule has 0 aromatic carbocycles. The maximum Gasteiger partial charge on any atom is 0.225 e. The number of hydrogen-bond acceptors (Lipinski definition) is 5. The molecule has 2 rings (SSSR count). The molecule has 21 heavy (non-hydrogen) atoms. The van der Waals surface area contributed by atoms with E-state index >= 15 is 0 Å². The monoisotopic (exact) mass is 355 g/mol. The molecule has 116 valence electrons. The van der Waals surface area contributed by atoms with E-state index in [9.17, 15) is 4.79 Å². The zero-order valence-electron chi connectivity index (χ0n) is 12.2. The highest BCUT2D eigenvalue weighted by molar-refractivity contribution is 9.10. The highest BCUT2D eigenvalue weighted by Gasteiger charge is 2.21. The van der Waals surface area contributed by atoms with Crippen molar-refractivity contribution in [1.29, 1.82) is 0 Å². The summed E-state index contributed by atoms with van der Waals surface area (Å²) in [6.07, 6.45) is 7.10. The van der Waals surface area contributed by atoms with Crippen LogP contribution in [-0.4, -0.2) is 53.5 Å². The lowest BCUT2D eigenvalue weighted by Gasteiger charge is -2.34. The Balaban J connectivity index is 1.75. The standard InChI is InChI=1S/C14H22BrN5O/c15-12-10-17-14(18-11-12)20-8-6-19(7-9-20)13(21)4-2-1-3-5-16/h10-11H,1-9,16H2. The van der Waals surface area contributed by atoms with Crippen LogP contribution in [0.1, 0.15) is 25.7 Å². The van der Waals surface area contributed by atoms with Crippen LogP contribution in [0.2, 0.25) is 0 Å². The Bertz CT molecular complexity index is 445. The van der Waals surface area contributed by atoms with Gasteiger partial charge in [-0.25, -0.2) is 9.97 Å². The first-order valence-electron chi connectivity index (χ1n) is 7.41. The lowest BCUT2D eigenvalue weighted by Crippen LogP contribution is -2.49. The quantitative estimate of drug-likeness (QED) is 0.780. The lowest BCUT2D eigenvalue weighted by atomic mass is 10.1. The fourth-order valence-electron chi connectivity index (χ4n) is 2.38. The van der Waals surface area contributed by atoms with E-state index in [1.54, 1.807) is 12.4 Å². The minimum Gasteiger partial charge on any atom is -0.339 e. The lowest BCUT2D eigenvalue weighted by molar-refractivity contribution is -0.131. The van der Waals surface area contributed by atoms with Gasteiger partial charge in [0.2, 0.25) is 11.9 Å². The number of unbranched alkanes of at least 4 members (excludes halogenated alkanes) is 2. The summed E-state index contributed by atoms with van der Waals surface area (Å²) in [5.41, 5.74) is 5.45. The molecule has 2 N–H and O–H groups in total. The molecule has 0 aliphatic carbocycles. The molecule has 1 aromatic heterocycles. The molecule has 0 bridgehead atoms. The van der Waals surface area contributed by atoms with E-state index in [1.165, 1.54) is 0 Å². The second-order valence-electron chi connectivity index (χ2n) is 5.17. The van der Waals surface area contributed by atoms with E-state index in [0.717, 1.165) is 55.9 Å². The molecule has 0 unspecified atom stereocenters. The van der Waals surface area contributed by atoms with Crippen LogP contribution in [0.5, 0.6) is 0 Å². The first-order chi connectivity index (χ1) is 10.2. The van der Waals surface area contributed by atoms with Gasteiger partial charge in [0, 0.05) is 45.0 Å². The van der Waals surface area contributed by atoms with Crippen LogP contribution in [0, 0.1) is 0 Å². The van der Waals surface area contributed by atoms with Gasteiger partial charge in [-0.2, -0.15) is 0 Å². The fourth-order valence-corrected chi connectivity index (χ4v) is 2.58. The topological polar surface area (TPSA) is 75.4 Å². The minimum atomic E-state index is 0.253. The van der Waals surface area contributed by atoms with E-state index in [4.69, 9.17) is 5.73 Å². The number of carbonyl (C=O) groups excluding carboxylic acids is 1. The molecule has 1 aromatic rings. The summed E-state index contributed by atoms with van der Waals surface area (Å²) >= 11 is 3.33. The molecule has 1 aliphatic rings. The Morgan fingerprint density at radius 1 is 1.14 bits per heavy atom. The number of halogens is 1. The molecule has 6 nitrogen and oxygen atoms in total. The van der Waals surface area contributed by atoms with Gasteiger partial charge in [0.05, 0.1) is 4.47 Å². The SMILES string of the molecule is NCCCCCC(=O)N1CCN(c2ncc(Br)cn2)CC1. The van der Waals surface area contributed by atoms with Gasteiger partial charge >= 0.3 is 0 Å². The summed E-state index contributed by atoms with van der Waals surface area (Å²) in [5, 5.41) is 0. The zero-order valence-corrected chi connectivity index (χ0v) is 13.8. The maximum absolute atomic E-state index is 12.1. The number of nitrogens with two attached hydrogens (primary N) is 1. The van der Waals surface area contributed by atoms with Gasteiger partial charge in [-0.15, -0.1) is 0 Å². The van der Waals surface area contributed by atoms with Crippen LogP contribution < -0.4 is 10.6 Å². The normalized spacial score (nSPS) is 15.3. The van der Waals surface area contributed by atoms with Crippen molar-refractivity contribution in [1.82, 2.24) is 14.9 Å². The summed E-state index contributed by atoms with van der Waals surface area (Å²) in [6.45, 7) is 3.77. The number of hydrogen-bond donors (Lipinski definition) is 1. The average molecular weight is 356 g/mol. The molecule has 1 aliphatic heterocycles. The molecule has 1 saturated heterocycles. The molecule has 7 heteroatoms. The third-order valence-corrected chi connectivity index (χ3v) is 4.03. The number of anilines is 1. The minimum absolute atomic E-state index is 0.253. The van der Waals surface area contributed by atoms with E-state index in [-0.39, 0.29) is 5.91 Å². The molecular weight excluding hydrogens is 334 g/mol. The van der Waals surface area contributed by atoms with Crippen LogP contribution in [0.3, 0.4) is 0 Å². The predicted octanol–water partition coefficient (Wildman–Crippen LogP) is 1.41. The number of rotatable bonds is 6. The van der Waals surface area contributed by atoms with Gasteiger partial charge < -0.3 is 15.5 Å². The van der Waals surface area contributed by atoms with Gasteiger partial charge in [-0.1, -0.05) is 6.42 Å². The maximum atomic E-state index is 12.1. The van der Waals surface area contributed by atoms with Crippen molar-refractivity contribution in [3.63, 3.8) is 0 Å². The molecular formula is C14H22BrN5O. The van der Waals surface area contributed by atoms with Gasteiger partial charge in [-0.3, -0.25) is 4.79 Å². The van der Waals surface area contributed by atoms with E-state index in [0.29, 0.717) is 13.0 Å². The van der Waals surface area contributed by atoms with Crippen LogP contribution in [0.4, 0.5) is 5.95 Å². The molecule has 1 amide bonds. The Labute approximate surface area is 133 Å². The van der Waals surface area contributed by atoms with Crippen molar-refractivity contribution in [3.8, 4) is 0 Å². The molecule has 2 heterocycles. The second kappa shape index (κ2) is 8.29. The first-order valence-corrected chi connectivity index (χ1v) is 8.20. The van der Waals surface area contributed by atoms with Crippen LogP contribution >= 0.6 is 15.9 Å². The second-order valence-corrected chi connectivity index (χ2v) is 6.08. The number of amides is 1. The van der Waals surface area contributed by atoms with E-state index in [2.05, 4.69) is 30.8 Å². The molecule has 0 atom stereocenters. The molecule has 0 radical (unpaired) electrons. The first kappa shape index (κ1) is 16.2. The molecule has 1 fully saturated rings. The van der Waals surface area contributed by atoms with Gasteiger partial charge in [0.25, 0.3) is 0 Å². The Kier molecular flexibility index (Phi) is 6.38. The Morgan fingerprint density at radius 2 is 1.81 bits per heavy atom. The average Bonchev–Trinajstić information content (AvgIpc) is 2.52. The Morgan fingerprint density at radius 3 is 2.43 bits per heavy atom. The largest absolute Gasteiger partial charge is 0.339 e. The Hall–Kier alpha value is -1.21. The number of aromatic nitrogens is 2. The number of nitrogens with zero attached hydrogens (tertiary/aromatic N) is 4. The van der Waals surface area contributed by atoms with Crippen LogP contribution in [0.15, 0.2) is 16.9 Å². The number of carbonyl (C=O) groups is 1. The number of piperazine rings is 1. The summed E-state index contributed by atoms with van der Waals surface area (Å²) in [6, 6.07) is 0. The molecule has 0 spiro atoms. The smallest absolute Gasteiger partial charge is 0.225 e. The third kappa shape index (κ3) is 4.93. The third-order valence-electron chi connectivity index (χ3n) is 3.62. The summed E-state index contributed by atoms with van der Waals surface area (Å²) in [7, 11) is 0. The van der Waals surface area contributed by atoms with Crippen molar-refractivity contribution in [2.75, 3.05) is 37.6 Å². The van der Waals surface area contributed by atoms with Crippen LogP contribution in [0.25, 0.3) is 0 Å². The molecule has 0 saturated carbocycles. The van der Waals surface area contributed by atoms with Gasteiger partial charge in [0.15, 0.2) is 0 Å². The summed E-state index contributed by atoms with van der Waals surface area (Å²) in [5.74, 6) is 0.983. The van der Waals surface area contributed by atoms with Crippen molar-refractivity contribution >= 4 is 27.8 Å². The zero-order chi connectivity index (χ0) is 15.1. The van der Waals surface area contributed by atoms with Crippen molar-refractivity contribution < 1.29 is 4.79 Å². The predicted molar refractivity (Wildman–Crippen MR) is 86.0 cm³/mol. The van der Waals surface area contributed by atoms with Gasteiger partial charge in [-0.05, 0) is 35.3 Å². The highest BCUT2D eigenvalue weighted by Crippen LogP contribution is 2.14. The van der Waals surface area contributed by atoms with E-state index in [1.807, 2.05) is 4.90 Å². The van der Waals surface area contributed by atoms with Crippen molar-refractivity contribution in [2.45, 2.75) is 25.7 Å². The highest BCUT2D eigenvalue weighted by atomic mass is 79.9.